The van der Waals surface area contributed by atoms with Crippen molar-refractivity contribution in [1.29, 1.82) is 0 Å². The Balaban J connectivity index is 2.15. The smallest absolute Gasteiger partial charge is 0.271 e. The van der Waals surface area contributed by atoms with Gasteiger partial charge >= 0.3 is 0 Å². The van der Waals surface area contributed by atoms with Gasteiger partial charge in [0.15, 0.2) is 0 Å². The summed E-state index contributed by atoms with van der Waals surface area (Å²) < 4.78 is 15.5. The average molecular weight is 349 g/mol. The molecule has 0 heterocycles. The lowest BCUT2D eigenvalue weighted by Crippen LogP contribution is -2.17. The molecule has 0 radical (unpaired) electrons. The van der Waals surface area contributed by atoms with Gasteiger partial charge in [0.25, 0.3) is 5.91 Å². The Morgan fingerprint density at radius 3 is 2.29 bits per heavy atom. The summed E-state index contributed by atoms with van der Waals surface area (Å²) in [5.74, 6) is 1.23. The zero-order valence-electron chi connectivity index (χ0n) is 13.5. The van der Waals surface area contributed by atoms with Gasteiger partial charge in [0.2, 0.25) is 0 Å². The van der Waals surface area contributed by atoms with Gasteiger partial charge in [0.1, 0.15) is 17.2 Å². The monoisotopic (exact) mass is 348 g/mol. The third-order valence-corrected chi connectivity index (χ3v) is 3.41. The number of benzene rings is 2. The highest BCUT2D eigenvalue weighted by Gasteiger charge is 2.09. The summed E-state index contributed by atoms with van der Waals surface area (Å²) in [4.78, 5) is 12.2. The maximum Gasteiger partial charge on any atom is 0.271 e. The van der Waals surface area contributed by atoms with E-state index in [2.05, 4.69) is 10.5 Å². The van der Waals surface area contributed by atoms with Crippen molar-refractivity contribution in [2.24, 2.45) is 5.10 Å². The third-order valence-electron chi connectivity index (χ3n) is 3.18. The van der Waals surface area contributed by atoms with E-state index in [-0.39, 0.29) is 0 Å². The van der Waals surface area contributed by atoms with Crippen LogP contribution >= 0.6 is 11.6 Å². The molecule has 0 bridgehead atoms. The molecule has 6 nitrogen and oxygen atoms in total. The summed E-state index contributed by atoms with van der Waals surface area (Å²) in [6, 6.07) is 9.97. The van der Waals surface area contributed by atoms with Gasteiger partial charge in [0, 0.05) is 22.2 Å². The first kappa shape index (κ1) is 17.6. The van der Waals surface area contributed by atoms with Crippen LogP contribution in [-0.4, -0.2) is 33.5 Å². The van der Waals surface area contributed by atoms with Crippen molar-refractivity contribution < 1.29 is 19.0 Å². The SMILES string of the molecule is COc1cc(OC)cc(C(=O)N/N=C\c2cc(Cl)ccc2OC)c1. The summed E-state index contributed by atoms with van der Waals surface area (Å²) in [6.45, 7) is 0. The third kappa shape index (κ3) is 4.39. The van der Waals surface area contributed by atoms with Crippen molar-refractivity contribution in [1.82, 2.24) is 5.43 Å². The first-order chi connectivity index (χ1) is 11.6. The van der Waals surface area contributed by atoms with Gasteiger partial charge in [-0.1, -0.05) is 11.6 Å². The topological polar surface area (TPSA) is 69.2 Å². The Morgan fingerprint density at radius 1 is 1.04 bits per heavy atom. The molecule has 0 spiro atoms. The lowest BCUT2D eigenvalue weighted by atomic mass is 10.2. The fourth-order valence-corrected chi connectivity index (χ4v) is 2.15. The van der Waals surface area contributed by atoms with Crippen molar-refractivity contribution >= 4 is 23.7 Å². The van der Waals surface area contributed by atoms with Crippen molar-refractivity contribution in [2.75, 3.05) is 21.3 Å². The molecule has 0 saturated carbocycles. The van der Waals surface area contributed by atoms with E-state index >= 15 is 0 Å². The number of hydrazone groups is 1. The molecule has 7 heteroatoms. The fraction of sp³-hybridized carbons (Fsp3) is 0.176. The maximum atomic E-state index is 12.2. The number of hydrogen-bond acceptors (Lipinski definition) is 5. The van der Waals surface area contributed by atoms with Crippen molar-refractivity contribution in [3.63, 3.8) is 0 Å². The second-order valence-corrected chi connectivity index (χ2v) is 5.12. The average Bonchev–Trinajstić information content (AvgIpc) is 2.61. The number of ether oxygens (including phenoxy) is 3. The fourth-order valence-electron chi connectivity index (χ4n) is 1.97. The van der Waals surface area contributed by atoms with Crippen molar-refractivity contribution in [3.05, 3.63) is 52.5 Å². The number of halogens is 1. The number of carbonyl (C=O) groups excluding carboxylic acids is 1. The van der Waals surface area contributed by atoms with Crippen LogP contribution < -0.4 is 19.6 Å². The molecule has 0 fully saturated rings. The van der Waals surface area contributed by atoms with E-state index in [9.17, 15) is 4.79 Å². The molecular formula is C17H17ClN2O4. The van der Waals surface area contributed by atoms with E-state index in [1.807, 2.05) is 0 Å². The van der Waals surface area contributed by atoms with Crippen LogP contribution in [0.3, 0.4) is 0 Å². The summed E-state index contributed by atoms with van der Waals surface area (Å²) in [7, 11) is 4.57. The van der Waals surface area contributed by atoms with Crippen LogP contribution in [0.15, 0.2) is 41.5 Å². The van der Waals surface area contributed by atoms with Crippen molar-refractivity contribution in [3.8, 4) is 17.2 Å². The highest BCUT2D eigenvalue weighted by atomic mass is 35.5. The molecule has 0 aliphatic carbocycles. The molecule has 1 amide bonds. The number of methoxy groups -OCH3 is 3. The van der Waals surface area contributed by atoms with Gasteiger partial charge in [-0.05, 0) is 30.3 Å². The molecule has 0 unspecified atom stereocenters. The van der Waals surface area contributed by atoms with Gasteiger partial charge in [-0.15, -0.1) is 0 Å². The number of nitrogens with one attached hydrogen (secondary N) is 1. The van der Waals surface area contributed by atoms with Gasteiger partial charge in [-0.2, -0.15) is 5.10 Å². The van der Waals surface area contributed by atoms with E-state index in [1.165, 1.54) is 20.4 Å². The highest BCUT2D eigenvalue weighted by Crippen LogP contribution is 2.23. The Kier molecular flexibility index (Phi) is 6.03. The van der Waals surface area contributed by atoms with Crippen LogP contribution in [0.4, 0.5) is 0 Å². The zero-order valence-corrected chi connectivity index (χ0v) is 14.3. The highest BCUT2D eigenvalue weighted by molar-refractivity contribution is 6.30. The molecule has 2 aromatic carbocycles. The summed E-state index contributed by atoms with van der Waals surface area (Å²) >= 11 is 5.95. The maximum absolute atomic E-state index is 12.2. The van der Waals surface area contributed by atoms with Crippen LogP contribution in [0.2, 0.25) is 5.02 Å². The minimum Gasteiger partial charge on any atom is -0.497 e. The quantitative estimate of drug-likeness (QED) is 0.643. The molecule has 0 aliphatic heterocycles. The largest absolute Gasteiger partial charge is 0.497 e. The number of amides is 1. The van der Waals surface area contributed by atoms with Crippen LogP contribution in [-0.2, 0) is 0 Å². The molecule has 0 aromatic heterocycles. The second kappa shape index (κ2) is 8.21. The number of carbonyl (C=O) groups is 1. The molecule has 126 valence electrons. The molecule has 0 saturated heterocycles. The van der Waals surface area contributed by atoms with Gasteiger partial charge in [-0.25, -0.2) is 5.43 Å². The van der Waals surface area contributed by atoms with E-state index < -0.39 is 5.91 Å². The molecule has 2 rings (SSSR count). The predicted octanol–water partition coefficient (Wildman–Crippen LogP) is 3.13. The summed E-state index contributed by atoms with van der Waals surface area (Å²) in [6.07, 6.45) is 1.46. The van der Waals surface area contributed by atoms with E-state index in [4.69, 9.17) is 25.8 Å². The second-order valence-electron chi connectivity index (χ2n) is 4.69. The van der Waals surface area contributed by atoms with E-state index in [1.54, 1.807) is 43.5 Å². The first-order valence-corrected chi connectivity index (χ1v) is 7.35. The van der Waals surface area contributed by atoms with Crippen LogP contribution in [0.1, 0.15) is 15.9 Å². The van der Waals surface area contributed by atoms with Crippen LogP contribution in [0.25, 0.3) is 0 Å². The number of hydrogen-bond donors (Lipinski definition) is 1. The van der Waals surface area contributed by atoms with Gasteiger partial charge in [0.05, 0.1) is 27.5 Å². The van der Waals surface area contributed by atoms with E-state index in [0.717, 1.165) is 0 Å². The Labute approximate surface area is 145 Å². The van der Waals surface area contributed by atoms with Crippen molar-refractivity contribution in [2.45, 2.75) is 0 Å². The summed E-state index contributed by atoms with van der Waals surface area (Å²) in [5, 5.41) is 4.48. The first-order valence-electron chi connectivity index (χ1n) is 6.97. The number of rotatable bonds is 6. The lowest BCUT2D eigenvalue weighted by molar-refractivity contribution is 0.0954. The molecule has 1 N–H and O–H groups in total. The van der Waals surface area contributed by atoms with E-state index in [0.29, 0.717) is 33.4 Å². The van der Waals surface area contributed by atoms with Gasteiger partial charge < -0.3 is 14.2 Å². The van der Waals surface area contributed by atoms with Crippen LogP contribution in [0, 0.1) is 0 Å². The Hall–Kier alpha value is -2.73. The Morgan fingerprint density at radius 2 is 1.71 bits per heavy atom. The van der Waals surface area contributed by atoms with Gasteiger partial charge in [-0.3, -0.25) is 4.79 Å². The molecular weight excluding hydrogens is 332 g/mol. The van der Waals surface area contributed by atoms with Crippen LogP contribution in [0.5, 0.6) is 17.2 Å². The molecule has 24 heavy (non-hydrogen) atoms. The minimum atomic E-state index is -0.399. The lowest BCUT2D eigenvalue weighted by Gasteiger charge is -2.07. The zero-order chi connectivity index (χ0) is 17.5. The predicted molar refractivity (Wildman–Crippen MR) is 92.6 cm³/mol. The minimum absolute atomic E-state index is 0.362. The number of nitrogens with zero attached hydrogens (tertiary/aromatic N) is 1. The molecule has 0 atom stereocenters. The molecule has 0 aliphatic rings. The standard InChI is InChI=1S/C17H17ClN2O4/c1-22-14-7-11(8-15(9-14)23-2)17(21)20-19-10-12-6-13(18)4-5-16(12)24-3/h4-10H,1-3H3,(H,20,21)/b19-10-. The normalized spacial score (nSPS) is 10.5. The Bertz CT molecular complexity index is 740. The molecule has 2 aromatic rings. The summed E-state index contributed by atoms with van der Waals surface area (Å²) in [5.41, 5.74) is 3.45.